The highest BCUT2D eigenvalue weighted by Crippen LogP contribution is 2.41. The van der Waals surface area contributed by atoms with Crippen molar-refractivity contribution in [2.24, 2.45) is 9.98 Å². The number of nitrogens with one attached hydrogen (secondary N) is 1. The first-order valence-corrected chi connectivity index (χ1v) is 18.7. The van der Waals surface area contributed by atoms with Gasteiger partial charge < -0.3 is 9.73 Å². The maximum Gasteiger partial charge on any atom is 0.170 e. The minimum absolute atomic E-state index is 0.492. The zero-order valence-corrected chi connectivity index (χ0v) is 29.8. The van der Waals surface area contributed by atoms with Crippen LogP contribution in [0.1, 0.15) is 22.9 Å². The zero-order chi connectivity index (χ0) is 36.3. The van der Waals surface area contributed by atoms with Crippen LogP contribution in [0.25, 0.3) is 76.5 Å². The van der Waals surface area contributed by atoms with E-state index < -0.39 is 6.17 Å². The third kappa shape index (κ3) is 5.30. The molecule has 0 bridgehead atoms. The Labute approximate surface area is 317 Å². The van der Waals surface area contributed by atoms with Crippen LogP contribution < -0.4 is 5.32 Å². The lowest BCUT2D eigenvalue weighted by molar-refractivity contribution is 0.667. The maximum absolute atomic E-state index is 6.52. The summed E-state index contributed by atoms with van der Waals surface area (Å²) in [5.41, 5.74) is 9.29. The van der Waals surface area contributed by atoms with E-state index in [9.17, 15) is 0 Å². The molecule has 1 aromatic heterocycles. The monoisotopic (exact) mass is 703 g/mol. The second-order valence-corrected chi connectivity index (χ2v) is 14.1. The predicted octanol–water partition coefficient (Wildman–Crippen LogP) is 12.9. The van der Waals surface area contributed by atoms with Crippen LogP contribution in [0.15, 0.2) is 202 Å². The van der Waals surface area contributed by atoms with Crippen LogP contribution in [0.5, 0.6) is 0 Å². The highest BCUT2D eigenvalue weighted by Gasteiger charge is 2.24. The molecular formula is C51H33N3O. The molecule has 258 valence electrons. The first-order chi connectivity index (χ1) is 27.2. The summed E-state index contributed by atoms with van der Waals surface area (Å²) in [5.74, 6) is 1.56. The van der Waals surface area contributed by atoms with E-state index in [4.69, 9.17) is 14.4 Å². The van der Waals surface area contributed by atoms with Gasteiger partial charge in [-0.1, -0.05) is 164 Å². The van der Waals surface area contributed by atoms with Gasteiger partial charge in [-0.2, -0.15) is 0 Å². The van der Waals surface area contributed by atoms with Crippen molar-refractivity contribution in [3.63, 3.8) is 0 Å². The van der Waals surface area contributed by atoms with E-state index in [0.717, 1.165) is 67.0 Å². The van der Waals surface area contributed by atoms with Gasteiger partial charge in [0.15, 0.2) is 6.17 Å². The van der Waals surface area contributed by atoms with Crippen molar-refractivity contribution in [1.29, 1.82) is 0 Å². The van der Waals surface area contributed by atoms with E-state index in [-0.39, 0.29) is 0 Å². The molecule has 0 aliphatic carbocycles. The van der Waals surface area contributed by atoms with Crippen molar-refractivity contribution in [1.82, 2.24) is 5.32 Å². The van der Waals surface area contributed by atoms with E-state index in [1.54, 1.807) is 0 Å². The Morgan fingerprint density at radius 1 is 0.345 bits per heavy atom. The summed E-state index contributed by atoms with van der Waals surface area (Å²) in [7, 11) is 0. The number of aliphatic imine (C=N–C) groups is 2. The second kappa shape index (κ2) is 12.7. The Morgan fingerprint density at radius 3 is 1.47 bits per heavy atom. The average Bonchev–Trinajstić information content (AvgIpc) is 3.65. The number of rotatable bonds is 5. The first kappa shape index (κ1) is 31.2. The summed E-state index contributed by atoms with van der Waals surface area (Å²) in [6, 6.07) is 66.4. The van der Waals surface area contributed by atoms with Crippen molar-refractivity contribution in [2.75, 3.05) is 0 Å². The van der Waals surface area contributed by atoms with E-state index in [2.05, 4.69) is 157 Å². The predicted molar refractivity (Wildman–Crippen MR) is 229 cm³/mol. The third-order valence-electron chi connectivity index (χ3n) is 10.9. The fourth-order valence-corrected chi connectivity index (χ4v) is 8.27. The standard InChI is InChI=1S/C51H33N3O/c1-3-12-32(13-4-1)33-22-24-35(25-23-33)50-52-49(34-14-5-2-6-15-34)53-51(54-50)43-20-11-21-47-48(43)45-31-37(27-29-46(45)55-47)36-26-28-42-40-18-8-7-16-38(40)39-17-9-10-19-41(39)44(42)30-36/h1-31,51H,(H,52,53,54). The van der Waals surface area contributed by atoms with E-state index in [1.807, 2.05) is 36.4 Å². The summed E-state index contributed by atoms with van der Waals surface area (Å²) in [5, 5.41) is 13.2. The number of hydrogen-bond acceptors (Lipinski definition) is 4. The van der Waals surface area contributed by atoms with Crippen molar-refractivity contribution in [3.05, 3.63) is 205 Å². The normalized spacial score (nSPS) is 14.4. The molecule has 4 heteroatoms. The van der Waals surface area contributed by atoms with Gasteiger partial charge >= 0.3 is 0 Å². The fraction of sp³-hybridized carbons (Fsp3) is 0.0196. The Kier molecular flexibility index (Phi) is 7.20. The first-order valence-electron chi connectivity index (χ1n) is 18.7. The Hall–Kier alpha value is -7.30. The third-order valence-corrected chi connectivity index (χ3v) is 10.9. The Morgan fingerprint density at radius 2 is 0.818 bits per heavy atom. The van der Waals surface area contributed by atoms with Gasteiger partial charge in [-0.25, -0.2) is 9.98 Å². The molecule has 1 aliphatic heterocycles. The summed E-state index contributed by atoms with van der Waals surface area (Å²) >= 11 is 0. The molecule has 55 heavy (non-hydrogen) atoms. The van der Waals surface area contributed by atoms with Gasteiger partial charge in [0.25, 0.3) is 0 Å². The van der Waals surface area contributed by atoms with Gasteiger partial charge in [0.2, 0.25) is 0 Å². The number of nitrogens with zero attached hydrogens (tertiary/aromatic N) is 2. The van der Waals surface area contributed by atoms with Crippen LogP contribution >= 0.6 is 0 Å². The van der Waals surface area contributed by atoms with Gasteiger partial charge in [-0.05, 0) is 78.8 Å². The summed E-state index contributed by atoms with van der Waals surface area (Å²) < 4.78 is 6.52. The van der Waals surface area contributed by atoms with Crippen molar-refractivity contribution in [3.8, 4) is 22.3 Å². The molecule has 0 spiro atoms. The molecule has 11 rings (SSSR count). The van der Waals surface area contributed by atoms with Gasteiger partial charge in [0, 0.05) is 27.5 Å². The smallest absolute Gasteiger partial charge is 0.170 e. The van der Waals surface area contributed by atoms with Gasteiger partial charge in [-0.3, -0.25) is 0 Å². The molecule has 1 atom stereocenters. The Bertz CT molecular complexity index is 3120. The van der Waals surface area contributed by atoms with Crippen LogP contribution in [0.2, 0.25) is 0 Å². The number of amidine groups is 2. The van der Waals surface area contributed by atoms with Crippen molar-refractivity contribution >= 4 is 65.9 Å². The molecule has 2 heterocycles. The maximum atomic E-state index is 6.52. The molecule has 0 radical (unpaired) electrons. The van der Waals surface area contributed by atoms with Crippen LogP contribution in [0.3, 0.4) is 0 Å². The van der Waals surface area contributed by atoms with Crippen LogP contribution in [0.4, 0.5) is 0 Å². The molecule has 0 fully saturated rings. The lowest BCUT2D eigenvalue weighted by Gasteiger charge is -2.23. The number of benzene rings is 9. The highest BCUT2D eigenvalue weighted by molar-refractivity contribution is 6.26. The van der Waals surface area contributed by atoms with E-state index >= 15 is 0 Å². The summed E-state index contributed by atoms with van der Waals surface area (Å²) in [4.78, 5) is 10.5. The van der Waals surface area contributed by atoms with E-state index in [0.29, 0.717) is 0 Å². The molecule has 10 aromatic rings. The molecule has 0 saturated carbocycles. The van der Waals surface area contributed by atoms with Crippen molar-refractivity contribution in [2.45, 2.75) is 6.17 Å². The topological polar surface area (TPSA) is 49.9 Å². The minimum atomic E-state index is -0.492. The van der Waals surface area contributed by atoms with Crippen LogP contribution in [-0.4, -0.2) is 11.7 Å². The quantitative estimate of drug-likeness (QED) is 0.181. The lowest BCUT2D eigenvalue weighted by Crippen LogP contribution is -2.36. The number of hydrogen-bond donors (Lipinski definition) is 1. The molecule has 9 aromatic carbocycles. The fourth-order valence-electron chi connectivity index (χ4n) is 8.27. The average molecular weight is 704 g/mol. The SMILES string of the molecule is c1ccc(C2=NC(c3cccc4oc5ccc(-c6ccc7c8ccccc8c8ccccc8c7c6)cc5c34)N=C(c3ccc(-c4ccccc4)cc3)N2)cc1. The molecule has 4 nitrogen and oxygen atoms in total. The van der Waals surface area contributed by atoms with Gasteiger partial charge in [-0.15, -0.1) is 0 Å². The van der Waals surface area contributed by atoms with E-state index in [1.165, 1.54) is 37.9 Å². The molecule has 1 aliphatic rings. The van der Waals surface area contributed by atoms with Gasteiger partial charge in [0.05, 0.1) is 0 Å². The number of fused-ring (bicyclic) bond motifs is 9. The zero-order valence-electron chi connectivity index (χ0n) is 29.8. The second-order valence-electron chi connectivity index (χ2n) is 14.1. The largest absolute Gasteiger partial charge is 0.456 e. The van der Waals surface area contributed by atoms with Crippen LogP contribution in [0, 0.1) is 0 Å². The highest BCUT2D eigenvalue weighted by atomic mass is 16.3. The molecular weight excluding hydrogens is 671 g/mol. The Balaban J connectivity index is 1.06. The molecule has 1 N–H and O–H groups in total. The molecule has 1 unspecified atom stereocenters. The summed E-state index contributed by atoms with van der Waals surface area (Å²) in [6.07, 6.45) is -0.492. The van der Waals surface area contributed by atoms with Crippen molar-refractivity contribution < 1.29 is 4.42 Å². The molecule has 0 saturated heterocycles. The summed E-state index contributed by atoms with van der Waals surface area (Å²) in [6.45, 7) is 0. The minimum Gasteiger partial charge on any atom is -0.456 e. The molecule has 0 amide bonds. The lowest BCUT2D eigenvalue weighted by atomic mass is 9.92. The van der Waals surface area contributed by atoms with Gasteiger partial charge in [0.1, 0.15) is 22.8 Å². The number of furan rings is 1. The van der Waals surface area contributed by atoms with Crippen LogP contribution in [-0.2, 0) is 0 Å².